The van der Waals surface area contributed by atoms with Crippen LogP contribution in [0.2, 0.25) is 0 Å². The van der Waals surface area contributed by atoms with Gasteiger partial charge in [-0.2, -0.15) is 0 Å². The summed E-state index contributed by atoms with van der Waals surface area (Å²) in [5.74, 6) is 0.0697. The van der Waals surface area contributed by atoms with Gasteiger partial charge in [-0.05, 0) is 48.4 Å². The number of carbonyl (C=O) groups is 2. The average Bonchev–Trinajstić information content (AvgIpc) is 2.97. The van der Waals surface area contributed by atoms with Crippen molar-refractivity contribution in [1.82, 2.24) is 4.90 Å². The lowest BCUT2D eigenvalue weighted by Crippen LogP contribution is -2.52. The van der Waals surface area contributed by atoms with Crippen molar-refractivity contribution < 1.29 is 19.1 Å². The number of nitrogens with zero attached hydrogens (tertiary/aromatic N) is 1. The number of fused-ring (bicyclic) bond motifs is 1. The molecule has 39 heavy (non-hydrogen) atoms. The molecule has 7 nitrogen and oxygen atoms in total. The molecule has 0 aliphatic carbocycles. The third kappa shape index (κ3) is 7.22. The molecule has 0 saturated heterocycles. The number of esters is 1. The van der Waals surface area contributed by atoms with Crippen molar-refractivity contribution in [2.75, 3.05) is 13.7 Å². The van der Waals surface area contributed by atoms with Gasteiger partial charge < -0.3 is 25.8 Å². The number of amides is 1. The summed E-state index contributed by atoms with van der Waals surface area (Å²) in [7, 11) is 1.58. The van der Waals surface area contributed by atoms with E-state index in [1.165, 1.54) is 0 Å². The molecule has 0 spiro atoms. The minimum Gasteiger partial charge on any atom is -0.496 e. The van der Waals surface area contributed by atoms with Crippen molar-refractivity contribution in [2.24, 2.45) is 11.5 Å². The number of carbonyl (C=O) groups excluding carboxylic acids is 2. The number of rotatable bonds is 12. The highest BCUT2D eigenvalue weighted by Gasteiger charge is 2.34. The van der Waals surface area contributed by atoms with Gasteiger partial charge in [0.1, 0.15) is 17.5 Å². The SMILES string of the molecule is COc1cc(OC(=O)[C@H](CCCN)N(Cc2ccccc2)C(=O)[C@@H](N)Cc2ccccc2)cc2ccccc12. The molecule has 4 aromatic carbocycles. The molecule has 4 aromatic rings. The summed E-state index contributed by atoms with van der Waals surface area (Å²) in [6, 6.07) is 28.6. The summed E-state index contributed by atoms with van der Waals surface area (Å²) in [5, 5.41) is 1.78. The fraction of sp³-hybridized carbons (Fsp3) is 0.250. The van der Waals surface area contributed by atoms with Crippen molar-refractivity contribution in [3.8, 4) is 11.5 Å². The minimum absolute atomic E-state index is 0.216. The van der Waals surface area contributed by atoms with E-state index in [1.54, 1.807) is 24.1 Å². The van der Waals surface area contributed by atoms with Gasteiger partial charge in [0, 0.05) is 18.0 Å². The van der Waals surface area contributed by atoms with Crippen LogP contribution in [0.1, 0.15) is 24.0 Å². The first kappa shape index (κ1) is 27.8. The summed E-state index contributed by atoms with van der Waals surface area (Å²) in [6.07, 6.45) is 1.23. The Kier molecular flexibility index (Phi) is 9.67. The summed E-state index contributed by atoms with van der Waals surface area (Å²) in [6.45, 7) is 0.588. The molecule has 0 bridgehead atoms. The fourth-order valence-electron chi connectivity index (χ4n) is 4.66. The molecule has 0 aromatic heterocycles. The van der Waals surface area contributed by atoms with Gasteiger partial charge in [-0.1, -0.05) is 84.9 Å². The van der Waals surface area contributed by atoms with Crippen LogP contribution in [0.5, 0.6) is 11.5 Å². The highest BCUT2D eigenvalue weighted by Crippen LogP contribution is 2.31. The zero-order chi connectivity index (χ0) is 27.6. The Morgan fingerprint density at radius 2 is 1.51 bits per heavy atom. The fourth-order valence-corrected chi connectivity index (χ4v) is 4.66. The Bertz CT molecular complexity index is 1380. The second kappa shape index (κ2) is 13.6. The lowest BCUT2D eigenvalue weighted by atomic mass is 10.0. The Hall–Kier alpha value is -4.20. The van der Waals surface area contributed by atoms with Crippen LogP contribution in [0.15, 0.2) is 97.1 Å². The van der Waals surface area contributed by atoms with E-state index in [4.69, 9.17) is 20.9 Å². The molecular formula is C32H35N3O4. The predicted molar refractivity (Wildman–Crippen MR) is 153 cm³/mol. The lowest BCUT2D eigenvalue weighted by Gasteiger charge is -2.32. The maximum absolute atomic E-state index is 13.8. The van der Waals surface area contributed by atoms with Crippen molar-refractivity contribution in [1.29, 1.82) is 0 Å². The van der Waals surface area contributed by atoms with Gasteiger partial charge in [-0.25, -0.2) is 4.79 Å². The van der Waals surface area contributed by atoms with Gasteiger partial charge in [-0.15, -0.1) is 0 Å². The van der Waals surface area contributed by atoms with Crippen molar-refractivity contribution in [3.05, 3.63) is 108 Å². The first-order valence-electron chi connectivity index (χ1n) is 13.1. The summed E-state index contributed by atoms with van der Waals surface area (Å²) in [4.78, 5) is 29.1. The van der Waals surface area contributed by atoms with Gasteiger partial charge >= 0.3 is 5.97 Å². The van der Waals surface area contributed by atoms with E-state index < -0.39 is 18.1 Å². The molecule has 0 radical (unpaired) electrons. The van der Waals surface area contributed by atoms with Crippen LogP contribution in [0.4, 0.5) is 0 Å². The van der Waals surface area contributed by atoms with Crippen LogP contribution in [-0.2, 0) is 22.6 Å². The summed E-state index contributed by atoms with van der Waals surface area (Å²) in [5.41, 5.74) is 14.1. The summed E-state index contributed by atoms with van der Waals surface area (Å²) < 4.78 is 11.4. The molecule has 4 N–H and O–H groups in total. The van der Waals surface area contributed by atoms with E-state index in [0.29, 0.717) is 37.3 Å². The lowest BCUT2D eigenvalue weighted by molar-refractivity contribution is -0.149. The first-order valence-corrected chi connectivity index (χ1v) is 13.1. The van der Waals surface area contributed by atoms with Crippen molar-refractivity contribution >= 4 is 22.6 Å². The molecule has 1 amide bonds. The van der Waals surface area contributed by atoms with E-state index in [-0.39, 0.29) is 12.5 Å². The Morgan fingerprint density at radius 3 is 2.18 bits per heavy atom. The number of hydrogen-bond donors (Lipinski definition) is 2. The topological polar surface area (TPSA) is 108 Å². The molecule has 0 aliphatic rings. The minimum atomic E-state index is -0.874. The van der Waals surface area contributed by atoms with Crippen LogP contribution in [0.25, 0.3) is 10.8 Å². The van der Waals surface area contributed by atoms with E-state index in [9.17, 15) is 9.59 Å². The smallest absolute Gasteiger partial charge is 0.334 e. The third-order valence-electron chi connectivity index (χ3n) is 6.66. The second-order valence-corrected chi connectivity index (χ2v) is 9.46. The molecule has 0 heterocycles. The van der Waals surface area contributed by atoms with Crippen LogP contribution >= 0.6 is 0 Å². The molecule has 0 saturated carbocycles. The Balaban J connectivity index is 1.65. The predicted octanol–water partition coefficient (Wildman–Crippen LogP) is 4.46. The molecule has 2 atom stereocenters. The normalized spacial score (nSPS) is 12.5. The van der Waals surface area contributed by atoms with Crippen LogP contribution in [-0.4, -0.2) is 42.5 Å². The standard InChI is InChI=1S/C32H35N3O4/c1-38-30-21-26(20-25-15-8-9-16-27(25)30)39-32(37)29(17-10-18-33)35(22-24-13-6-3-7-14-24)31(36)28(34)19-23-11-4-2-5-12-23/h2-9,11-16,20-21,28-29H,10,17-19,22,33-34H2,1H3/t28-,29-/m0/s1. The van der Waals surface area contributed by atoms with Gasteiger partial charge in [0.05, 0.1) is 13.2 Å². The van der Waals surface area contributed by atoms with Gasteiger partial charge in [0.2, 0.25) is 5.91 Å². The molecule has 0 aliphatic heterocycles. The summed E-state index contributed by atoms with van der Waals surface area (Å²) >= 11 is 0. The molecular weight excluding hydrogens is 490 g/mol. The van der Waals surface area contributed by atoms with Gasteiger partial charge in [0.25, 0.3) is 0 Å². The quantitative estimate of drug-likeness (QED) is 0.209. The molecule has 0 unspecified atom stereocenters. The number of ether oxygens (including phenoxy) is 2. The average molecular weight is 526 g/mol. The van der Waals surface area contributed by atoms with E-state index in [0.717, 1.165) is 21.9 Å². The maximum Gasteiger partial charge on any atom is 0.334 e. The Morgan fingerprint density at radius 1 is 0.872 bits per heavy atom. The van der Waals surface area contributed by atoms with Crippen molar-refractivity contribution in [3.63, 3.8) is 0 Å². The van der Waals surface area contributed by atoms with Gasteiger partial charge in [-0.3, -0.25) is 4.79 Å². The van der Waals surface area contributed by atoms with E-state index in [2.05, 4.69) is 0 Å². The molecule has 202 valence electrons. The van der Waals surface area contributed by atoms with Crippen molar-refractivity contribution in [2.45, 2.75) is 37.9 Å². The van der Waals surface area contributed by atoms with Crippen LogP contribution in [0, 0.1) is 0 Å². The monoisotopic (exact) mass is 525 g/mol. The number of benzene rings is 4. The zero-order valence-electron chi connectivity index (χ0n) is 22.2. The number of nitrogens with two attached hydrogens (primary N) is 2. The molecule has 0 fully saturated rings. The molecule has 4 rings (SSSR count). The number of hydrogen-bond acceptors (Lipinski definition) is 6. The first-order chi connectivity index (χ1) is 19.0. The number of methoxy groups -OCH3 is 1. The maximum atomic E-state index is 13.8. The second-order valence-electron chi connectivity index (χ2n) is 9.46. The van der Waals surface area contributed by atoms with Gasteiger partial charge in [0.15, 0.2) is 0 Å². The van der Waals surface area contributed by atoms with E-state index >= 15 is 0 Å². The Labute approximate surface area is 229 Å². The zero-order valence-corrected chi connectivity index (χ0v) is 22.2. The molecule has 7 heteroatoms. The highest BCUT2D eigenvalue weighted by atomic mass is 16.5. The van der Waals surface area contributed by atoms with E-state index in [1.807, 2.05) is 84.9 Å². The van der Waals surface area contributed by atoms with Crippen LogP contribution < -0.4 is 20.9 Å². The third-order valence-corrected chi connectivity index (χ3v) is 6.66. The van der Waals surface area contributed by atoms with Crippen LogP contribution in [0.3, 0.4) is 0 Å². The largest absolute Gasteiger partial charge is 0.496 e. The highest BCUT2D eigenvalue weighted by molar-refractivity contribution is 5.92.